The van der Waals surface area contributed by atoms with Crippen molar-refractivity contribution < 1.29 is 19.8 Å². The fraction of sp³-hybridized carbons (Fsp3) is 0.273. The van der Waals surface area contributed by atoms with E-state index in [1.165, 1.54) is 31.1 Å². The third-order valence-corrected chi connectivity index (χ3v) is 2.23. The van der Waals surface area contributed by atoms with Crippen LogP contribution in [0.25, 0.3) is 0 Å². The van der Waals surface area contributed by atoms with Crippen LogP contribution in [0, 0.1) is 0 Å². The lowest BCUT2D eigenvalue weighted by Gasteiger charge is -2.16. The number of rotatable bonds is 3. The number of nitrogens with zero attached hydrogens (tertiary/aromatic N) is 1. The third-order valence-electron chi connectivity index (χ3n) is 2.23. The molecule has 1 rings (SSSR count). The van der Waals surface area contributed by atoms with Gasteiger partial charge in [-0.05, 0) is 18.2 Å². The highest BCUT2D eigenvalue weighted by molar-refractivity contribution is 5.96. The van der Waals surface area contributed by atoms with E-state index in [0.29, 0.717) is 0 Å². The molecule has 6 nitrogen and oxygen atoms in total. The van der Waals surface area contributed by atoms with E-state index in [9.17, 15) is 14.7 Å². The second kappa shape index (κ2) is 5.20. The van der Waals surface area contributed by atoms with Crippen molar-refractivity contribution in [3.05, 3.63) is 23.8 Å². The first-order valence-electron chi connectivity index (χ1n) is 4.93. The molecule has 0 fully saturated rings. The summed E-state index contributed by atoms with van der Waals surface area (Å²) in [5.41, 5.74) is 0.201. The van der Waals surface area contributed by atoms with Crippen molar-refractivity contribution in [1.29, 1.82) is 0 Å². The fourth-order valence-electron chi connectivity index (χ4n) is 1.24. The average molecular weight is 238 g/mol. The molecule has 2 amide bonds. The van der Waals surface area contributed by atoms with Gasteiger partial charge in [0.05, 0.1) is 6.54 Å². The number of likely N-dealkylation sites (N-methyl/N-ethyl adjacent to an activating group) is 2. The Morgan fingerprint density at radius 1 is 1.29 bits per heavy atom. The van der Waals surface area contributed by atoms with E-state index in [1.54, 1.807) is 0 Å². The van der Waals surface area contributed by atoms with Crippen molar-refractivity contribution in [2.45, 2.75) is 0 Å². The molecule has 0 saturated carbocycles. The highest BCUT2D eigenvalue weighted by Gasteiger charge is 2.15. The summed E-state index contributed by atoms with van der Waals surface area (Å²) in [5.74, 6) is -1.37. The number of phenolic OH excluding ortho intramolecular Hbond substituents is 2. The van der Waals surface area contributed by atoms with E-state index in [-0.39, 0.29) is 29.5 Å². The number of carbonyl (C=O) groups is 2. The standard InChI is InChI=1S/C11H14N2O4/c1-12-10(16)6-13(2)11(17)7-3-4-8(14)9(15)5-7/h3-5,14-15H,6H2,1-2H3,(H,12,16). The summed E-state index contributed by atoms with van der Waals surface area (Å²) in [5, 5.41) is 20.8. The number of benzene rings is 1. The van der Waals surface area contributed by atoms with E-state index in [2.05, 4.69) is 5.32 Å². The van der Waals surface area contributed by atoms with Gasteiger partial charge in [-0.1, -0.05) is 0 Å². The minimum atomic E-state index is -0.413. The minimum absolute atomic E-state index is 0.0724. The predicted octanol–water partition coefficient (Wildman–Crippen LogP) is -0.0842. The van der Waals surface area contributed by atoms with Crippen LogP contribution in [0.3, 0.4) is 0 Å². The first-order chi connectivity index (χ1) is 7.95. The van der Waals surface area contributed by atoms with Crippen LogP contribution in [-0.2, 0) is 4.79 Å². The highest BCUT2D eigenvalue weighted by atomic mass is 16.3. The van der Waals surface area contributed by atoms with Crippen LogP contribution in [0.15, 0.2) is 18.2 Å². The quantitative estimate of drug-likeness (QED) is 0.642. The Labute approximate surface area is 98.5 Å². The van der Waals surface area contributed by atoms with Gasteiger partial charge in [-0.3, -0.25) is 9.59 Å². The molecule has 0 radical (unpaired) electrons. The summed E-state index contributed by atoms with van der Waals surface area (Å²) in [6.45, 7) is -0.0724. The summed E-state index contributed by atoms with van der Waals surface area (Å²) in [7, 11) is 2.95. The Morgan fingerprint density at radius 2 is 1.94 bits per heavy atom. The Bertz CT molecular complexity index is 445. The maximum atomic E-state index is 11.8. The van der Waals surface area contributed by atoms with Crippen molar-refractivity contribution in [1.82, 2.24) is 10.2 Å². The molecular weight excluding hydrogens is 224 g/mol. The summed E-state index contributed by atoms with van der Waals surface area (Å²) in [6, 6.07) is 3.74. The van der Waals surface area contributed by atoms with Gasteiger partial charge in [0, 0.05) is 19.7 Å². The van der Waals surface area contributed by atoms with Gasteiger partial charge in [-0.25, -0.2) is 0 Å². The second-order valence-corrected chi connectivity index (χ2v) is 3.54. The normalized spacial score (nSPS) is 9.76. The molecule has 0 aliphatic carbocycles. The third kappa shape index (κ3) is 3.10. The average Bonchev–Trinajstić information content (AvgIpc) is 2.31. The second-order valence-electron chi connectivity index (χ2n) is 3.54. The van der Waals surface area contributed by atoms with Crippen LogP contribution in [0.5, 0.6) is 11.5 Å². The zero-order valence-corrected chi connectivity index (χ0v) is 9.60. The van der Waals surface area contributed by atoms with Crippen LogP contribution in [-0.4, -0.2) is 47.6 Å². The molecule has 0 unspecified atom stereocenters. The van der Waals surface area contributed by atoms with Crippen LogP contribution in [0.2, 0.25) is 0 Å². The van der Waals surface area contributed by atoms with E-state index in [4.69, 9.17) is 5.11 Å². The van der Waals surface area contributed by atoms with Crippen molar-refractivity contribution in [3.8, 4) is 11.5 Å². The van der Waals surface area contributed by atoms with Crippen molar-refractivity contribution >= 4 is 11.8 Å². The van der Waals surface area contributed by atoms with E-state index in [1.807, 2.05) is 0 Å². The van der Waals surface area contributed by atoms with E-state index < -0.39 is 5.91 Å². The zero-order chi connectivity index (χ0) is 13.0. The smallest absolute Gasteiger partial charge is 0.254 e. The molecule has 0 saturated heterocycles. The maximum Gasteiger partial charge on any atom is 0.254 e. The van der Waals surface area contributed by atoms with Crippen LogP contribution < -0.4 is 5.32 Å². The van der Waals surface area contributed by atoms with E-state index >= 15 is 0 Å². The molecule has 0 aromatic heterocycles. The summed E-state index contributed by atoms with van der Waals surface area (Å²) in [4.78, 5) is 24.1. The Hall–Kier alpha value is -2.24. The highest BCUT2D eigenvalue weighted by Crippen LogP contribution is 2.25. The Morgan fingerprint density at radius 3 is 2.47 bits per heavy atom. The zero-order valence-electron chi connectivity index (χ0n) is 9.60. The fourth-order valence-corrected chi connectivity index (χ4v) is 1.24. The molecule has 17 heavy (non-hydrogen) atoms. The van der Waals surface area contributed by atoms with Crippen LogP contribution in [0.1, 0.15) is 10.4 Å². The van der Waals surface area contributed by atoms with Gasteiger partial charge < -0.3 is 20.4 Å². The molecule has 0 atom stereocenters. The molecule has 0 aliphatic rings. The molecular formula is C11H14N2O4. The molecule has 6 heteroatoms. The molecule has 0 spiro atoms. The number of carbonyl (C=O) groups excluding carboxylic acids is 2. The molecule has 0 aliphatic heterocycles. The number of nitrogens with one attached hydrogen (secondary N) is 1. The summed E-state index contributed by atoms with van der Waals surface area (Å²) < 4.78 is 0. The number of hydrogen-bond acceptors (Lipinski definition) is 4. The summed E-state index contributed by atoms with van der Waals surface area (Å²) in [6.07, 6.45) is 0. The monoisotopic (exact) mass is 238 g/mol. The largest absolute Gasteiger partial charge is 0.504 e. The van der Waals surface area contributed by atoms with E-state index in [0.717, 1.165) is 6.07 Å². The van der Waals surface area contributed by atoms with Crippen LogP contribution >= 0.6 is 0 Å². The SMILES string of the molecule is CNC(=O)CN(C)C(=O)c1ccc(O)c(O)c1. The van der Waals surface area contributed by atoms with Crippen molar-refractivity contribution in [2.24, 2.45) is 0 Å². The minimum Gasteiger partial charge on any atom is -0.504 e. The molecule has 92 valence electrons. The molecule has 1 aromatic carbocycles. The molecule has 1 aromatic rings. The molecule has 0 bridgehead atoms. The molecule has 3 N–H and O–H groups in total. The lowest BCUT2D eigenvalue weighted by Crippen LogP contribution is -2.36. The van der Waals surface area contributed by atoms with Gasteiger partial charge in [-0.2, -0.15) is 0 Å². The first-order valence-corrected chi connectivity index (χ1v) is 4.93. The van der Waals surface area contributed by atoms with Gasteiger partial charge in [0.25, 0.3) is 5.91 Å². The van der Waals surface area contributed by atoms with Gasteiger partial charge in [0.2, 0.25) is 5.91 Å². The van der Waals surface area contributed by atoms with Crippen molar-refractivity contribution in [2.75, 3.05) is 20.6 Å². The number of phenols is 2. The van der Waals surface area contributed by atoms with Gasteiger partial charge >= 0.3 is 0 Å². The number of hydrogen-bond donors (Lipinski definition) is 3. The Balaban J connectivity index is 2.81. The number of aromatic hydroxyl groups is 2. The van der Waals surface area contributed by atoms with Crippen LogP contribution in [0.4, 0.5) is 0 Å². The van der Waals surface area contributed by atoms with Crippen molar-refractivity contribution in [3.63, 3.8) is 0 Å². The van der Waals surface area contributed by atoms with Gasteiger partial charge in [0.15, 0.2) is 11.5 Å². The first kappa shape index (κ1) is 12.8. The Kier molecular flexibility index (Phi) is 3.92. The van der Waals surface area contributed by atoms with Gasteiger partial charge in [0.1, 0.15) is 0 Å². The maximum absolute atomic E-state index is 11.8. The topological polar surface area (TPSA) is 89.9 Å². The molecule has 0 heterocycles. The lowest BCUT2D eigenvalue weighted by atomic mass is 10.2. The lowest BCUT2D eigenvalue weighted by molar-refractivity contribution is -0.121. The number of amides is 2. The van der Waals surface area contributed by atoms with Gasteiger partial charge in [-0.15, -0.1) is 0 Å². The summed E-state index contributed by atoms with van der Waals surface area (Å²) >= 11 is 0. The predicted molar refractivity (Wildman–Crippen MR) is 60.8 cm³/mol.